The summed E-state index contributed by atoms with van der Waals surface area (Å²) in [7, 11) is 0. The van der Waals surface area contributed by atoms with Gasteiger partial charge in [0, 0.05) is 18.5 Å². The van der Waals surface area contributed by atoms with Crippen molar-refractivity contribution in [2.24, 2.45) is 0 Å². The molecular weight excluding hydrogens is 351 g/mol. The van der Waals surface area contributed by atoms with Crippen molar-refractivity contribution in [1.29, 1.82) is 0 Å². The van der Waals surface area contributed by atoms with E-state index in [-0.39, 0.29) is 11.5 Å². The van der Waals surface area contributed by atoms with E-state index in [1.165, 1.54) is 6.07 Å². The molecule has 0 spiro atoms. The van der Waals surface area contributed by atoms with Crippen LogP contribution in [0.4, 0.5) is 19.0 Å². The molecule has 136 valence electrons. The average molecular weight is 365 g/mol. The lowest BCUT2D eigenvalue weighted by atomic mass is 10.2. The van der Waals surface area contributed by atoms with Gasteiger partial charge in [-0.15, -0.1) is 15.3 Å². The molecule has 1 aliphatic heterocycles. The number of fused-ring (bicyclic) bond motifs is 2. The number of alkyl halides is 3. The van der Waals surface area contributed by atoms with Gasteiger partial charge < -0.3 is 14.8 Å². The van der Waals surface area contributed by atoms with Crippen LogP contribution >= 0.6 is 0 Å². The molecule has 1 aromatic carbocycles. The van der Waals surface area contributed by atoms with Crippen LogP contribution in [0.5, 0.6) is 11.5 Å². The normalized spacial score (nSPS) is 14.3. The second kappa shape index (κ2) is 6.36. The summed E-state index contributed by atoms with van der Waals surface area (Å²) in [5.74, 6) is 0.388. The van der Waals surface area contributed by atoms with Crippen LogP contribution < -0.4 is 14.8 Å². The number of halogens is 3. The maximum absolute atomic E-state index is 12.9. The zero-order chi connectivity index (χ0) is 18.1. The molecule has 0 atom stereocenters. The van der Waals surface area contributed by atoms with Crippen LogP contribution in [-0.2, 0) is 12.7 Å². The first-order valence-electron chi connectivity index (χ1n) is 7.93. The van der Waals surface area contributed by atoms with E-state index in [0.29, 0.717) is 35.8 Å². The Morgan fingerprint density at radius 1 is 1.08 bits per heavy atom. The van der Waals surface area contributed by atoms with Gasteiger partial charge in [0.1, 0.15) is 5.82 Å². The van der Waals surface area contributed by atoms with E-state index in [0.717, 1.165) is 12.0 Å². The highest BCUT2D eigenvalue weighted by atomic mass is 19.4. The molecule has 0 amide bonds. The van der Waals surface area contributed by atoms with Gasteiger partial charge in [-0.2, -0.15) is 17.7 Å². The molecule has 26 heavy (non-hydrogen) atoms. The molecule has 0 radical (unpaired) electrons. The van der Waals surface area contributed by atoms with Crippen molar-refractivity contribution in [3.63, 3.8) is 0 Å². The van der Waals surface area contributed by atoms with Crippen LogP contribution in [0, 0.1) is 0 Å². The van der Waals surface area contributed by atoms with E-state index in [1.54, 1.807) is 6.07 Å². The van der Waals surface area contributed by atoms with Gasteiger partial charge in [0.05, 0.1) is 13.2 Å². The Balaban J connectivity index is 1.59. The second-order valence-corrected chi connectivity index (χ2v) is 5.66. The molecule has 1 N–H and O–H groups in total. The fourth-order valence-corrected chi connectivity index (χ4v) is 2.64. The Labute approximate surface area is 145 Å². The van der Waals surface area contributed by atoms with Crippen LogP contribution in [0.3, 0.4) is 0 Å². The molecule has 2 aromatic heterocycles. The summed E-state index contributed by atoms with van der Waals surface area (Å²) in [6.07, 6.45) is -3.85. The number of benzene rings is 1. The molecule has 0 saturated carbocycles. The van der Waals surface area contributed by atoms with Crippen LogP contribution in [0.25, 0.3) is 5.65 Å². The second-order valence-electron chi connectivity index (χ2n) is 5.66. The number of aromatic nitrogens is 4. The zero-order valence-electron chi connectivity index (χ0n) is 13.5. The van der Waals surface area contributed by atoms with Gasteiger partial charge in [0.25, 0.3) is 5.82 Å². The van der Waals surface area contributed by atoms with E-state index < -0.39 is 12.0 Å². The lowest BCUT2D eigenvalue weighted by molar-refractivity contribution is -0.146. The molecule has 0 unspecified atom stereocenters. The standard InChI is InChI=1S/C16H14F3N5O2/c17-16(18,19)15-22-21-13-6-5-12(23-24(13)15)20-9-10-3-1-4-11-14(10)26-8-2-7-25-11/h1,3-6H,2,7-9H2,(H,20,23). The molecular formula is C16H14F3N5O2. The molecule has 10 heteroatoms. The van der Waals surface area contributed by atoms with E-state index in [2.05, 4.69) is 20.6 Å². The molecule has 4 rings (SSSR count). The summed E-state index contributed by atoms with van der Waals surface area (Å²) < 4.78 is 50.9. The molecule has 7 nitrogen and oxygen atoms in total. The van der Waals surface area contributed by atoms with Crippen molar-refractivity contribution in [3.8, 4) is 11.5 Å². The average Bonchev–Trinajstić information content (AvgIpc) is 2.89. The summed E-state index contributed by atoms with van der Waals surface area (Å²) >= 11 is 0. The summed E-state index contributed by atoms with van der Waals surface area (Å²) in [5.41, 5.74) is 0.847. The highest BCUT2D eigenvalue weighted by Crippen LogP contribution is 2.33. The number of nitrogens with zero attached hydrogens (tertiary/aromatic N) is 4. The highest BCUT2D eigenvalue weighted by Gasteiger charge is 2.37. The predicted molar refractivity (Wildman–Crippen MR) is 85.2 cm³/mol. The van der Waals surface area contributed by atoms with Gasteiger partial charge >= 0.3 is 6.18 Å². The Kier molecular flexibility index (Phi) is 4.02. The van der Waals surface area contributed by atoms with E-state index in [1.807, 2.05) is 18.2 Å². The number of rotatable bonds is 3. The highest BCUT2D eigenvalue weighted by molar-refractivity contribution is 5.50. The number of para-hydroxylation sites is 1. The number of hydrogen-bond acceptors (Lipinski definition) is 6. The van der Waals surface area contributed by atoms with Gasteiger partial charge in [-0.05, 0) is 18.2 Å². The maximum atomic E-state index is 12.9. The first-order valence-corrected chi connectivity index (χ1v) is 7.93. The van der Waals surface area contributed by atoms with Gasteiger partial charge in [-0.1, -0.05) is 12.1 Å². The third-order valence-electron chi connectivity index (χ3n) is 3.83. The zero-order valence-corrected chi connectivity index (χ0v) is 13.5. The third-order valence-corrected chi connectivity index (χ3v) is 3.83. The number of nitrogens with one attached hydrogen (secondary N) is 1. The van der Waals surface area contributed by atoms with Crippen molar-refractivity contribution in [2.75, 3.05) is 18.5 Å². The van der Waals surface area contributed by atoms with Gasteiger partial charge in [0.15, 0.2) is 17.1 Å². The fraction of sp³-hybridized carbons (Fsp3) is 0.312. The van der Waals surface area contributed by atoms with Gasteiger partial charge in [-0.3, -0.25) is 0 Å². The van der Waals surface area contributed by atoms with Crippen molar-refractivity contribution < 1.29 is 22.6 Å². The van der Waals surface area contributed by atoms with Crippen LogP contribution in [0.15, 0.2) is 30.3 Å². The van der Waals surface area contributed by atoms with Crippen molar-refractivity contribution in [1.82, 2.24) is 19.8 Å². The monoisotopic (exact) mass is 365 g/mol. The minimum absolute atomic E-state index is 0.0215. The van der Waals surface area contributed by atoms with Crippen LogP contribution in [-0.4, -0.2) is 33.0 Å². The summed E-state index contributed by atoms with van der Waals surface area (Å²) in [5, 5.41) is 13.6. The van der Waals surface area contributed by atoms with E-state index in [4.69, 9.17) is 9.47 Å². The Hall–Kier alpha value is -3.04. The first-order chi connectivity index (χ1) is 12.5. The molecule has 3 heterocycles. The maximum Gasteiger partial charge on any atom is 0.453 e. The molecule has 1 aliphatic rings. The number of anilines is 1. The quantitative estimate of drug-likeness (QED) is 0.769. The molecule has 0 bridgehead atoms. The van der Waals surface area contributed by atoms with Crippen molar-refractivity contribution >= 4 is 11.5 Å². The lowest BCUT2D eigenvalue weighted by Gasteiger charge is -2.13. The lowest BCUT2D eigenvalue weighted by Crippen LogP contribution is -2.13. The number of hydrogen-bond donors (Lipinski definition) is 1. The molecule has 0 saturated heterocycles. The van der Waals surface area contributed by atoms with Crippen LogP contribution in [0.2, 0.25) is 0 Å². The molecule has 0 fully saturated rings. The Morgan fingerprint density at radius 3 is 2.77 bits per heavy atom. The Bertz CT molecular complexity index is 941. The minimum Gasteiger partial charge on any atom is -0.490 e. The van der Waals surface area contributed by atoms with Crippen molar-refractivity contribution in [2.45, 2.75) is 19.1 Å². The first kappa shape index (κ1) is 16.4. The minimum atomic E-state index is -4.63. The van der Waals surface area contributed by atoms with Gasteiger partial charge in [-0.25, -0.2) is 0 Å². The van der Waals surface area contributed by atoms with Crippen molar-refractivity contribution in [3.05, 3.63) is 41.7 Å². The predicted octanol–water partition coefficient (Wildman–Crippen LogP) is 2.92. The van der Waals surface area contributed by atoms with E-state index >= 15 is 0 Å². The topological polar surface area (TPSA) is 73.6 Å². The van der Waals surface area contributed by atoms with Crippen LogP contribution in [0.1, 0.15) is 17.8 Å². The smallest absolute Gasteiger partial charge is 0.453 e. The molecule has 0 aliphatic carbocycles. The molecule has 3 aromatic rings. The van der Waals surface area contributed by atoms with E-state index in [9.17, 15) is 13.2 Å². The SMILES string of the molecule is FC(F)(F)c1nnc2ccc(NCc3cccc4c3OCCCO4)nn12. The largest absolute Gasteiger partial charge is 0.490 e. The number of ether oxygens (including phenoxy) is 2. The summed E-state index contributed by atoms with van der Waals surface area (Å²) in [6.45, 7) is 1.44. The third kappa shape index (κ3) is 3.09. The fourth-order valence-electron chi connectivity index (χ4n) is 2.64. The summed E-state index contributed by atoms with van der Waals surface area (Å²) in [4.78, 5) is 0. The Morgan fingerprint density at radius 2 is 1.92 bits per heavy atom. The summed E-state index contributed by atoms with van der Waals surface area (Å²) in [6, 6.07) is 8.48. The van der Waals surface area contributed by atoms with Gasteiger partial charge in [0.2, 0.25) is 0 Å².